The van der Waals surface area contributed by atoms with E-state index in [0.717, 1.165) is 11.1 Å². The number of rotatable bonds is 5. The molecular formula is C22H14F2N2O2. The molecule has 138 valence electrons. The lowest BCUT2D eigenvalue weighted by molar-refractivity contribution is 0.573. The summed E-state index contributed by atoms with van der Waals surface area (Å²) in [5.74, 6) is 1.66. The molecule has 4 rings (SSSR count). The van der Waals surface area contributed by atoms with Gasteiger partial charge in [0.1, 0.15) is 34.7 Å². The number of benzene rings is 2. The van der Waals surface area contributed by atoms with Crippen molar-refractivity contribution in [2.24, 2.45) is 10.2 Å². The van der Waals surface area contributed by atoms with Gasteiger partial charge in [-0.1, -0.05) is 0 Å². The van der Waals surface area contributed by atoms with E-state index in [1.54, 1.807) is 48.5 Å². The zero-order valence-electron chi connectivity index (χ0n) is 14.5. The monoisotopic (exact) mass is 376 g/mol. The first kappa shape index (κ1) is 17.6. The summed E-state index contributed by atoms with van der Waals surface area (Å²) in [5.41, 5.74) is 1.54. The van der Waals surface area contributed by atoms with Crippen molar-refractivity contribution in [3.05, 3.63) is 96.0 Å². The number of hydrogen-bond donors (Lipinski definition) is 0. The van der Waals surface area contributed by atoms with Crippen molar-refractivity contribution in [3.8, 4) is 22.6 Å². The van der Waals surface area contributed by atoms with Gasteiger partial charge in [0, 0.05) is 11.1 Å². The van der Waals surface area contributed by atoms with E-state index < -0.39 is 0 Å². The third-order valence-corrected chi connectivity index (χ3v) is 3.95. The second kappa shape index (κ2) is 7.84. The molecule has 0 aliphatic rings. The molecule has 0 amide bonds. The maximum Gasteiger partial charge on any atom is 0.147 e. The summed E-state index contributed by atoms with van der Waals surface area (Å²) in [7, 11) is 0. The lowest BCUT2D eigenvalue weighted by Gasteiger charge is -1.95. The molecule has 6 heteroatoms. The Labute approximate surface area is 159 Å². The van der Waals surface area contributed by atoms with Gasteiger partial charge in [-0.05, 0) is 72.8 Å². The van der Waals surface area contributed by atoms with Gasteiger partial charge in [0.2, 0.25) is 0 Å². The van der Waals surface area contributed by atoms with Gasteiger partial charge in [-0.15, -0.1) is 0 Å². The fourth-order valence-electron chi connectivity index (χ4n) is 2.56. The average molecular weight is 376 g/mol. The van der Waals surface area contributed by atoms with Crippen LogP contribution in [0.2, 0.25) is 0 Å². The van der Waals surface area contributed by atoms with Gasteiger partial charge in [0.05, 0.1) is 12.4 Å². The number of halogens is 2. The third kappa shape index (κ3) is 4.12. The second-order valence-corrected chi connectivity index (χ2v) is 5.91. The smallest absolute Gasteiger partial charge is 0.147 e. The van der Waals surface area contributed by atoms with Gasteiger partial charge in [0.25, 0.3) is 0 Å². The van der Waals surface area contributed by atoms with Gasteiger partial charge in [-0.25, -0.2) is 8.78 Å². The Balaban J connectivity index is 1.40. The molecule has 0 spiro atoms. The first-order chi connectivity index (χ1) is 13.7. The summed E-state index contributed by atoms with van der Waals surface area (Å²) in [4.78, 5) is 0. The van der Waals surface area contributed by atoms with Gasteiger partial charge in [-0.2, -0.15) is 10.2 Å². The van der Waals surface area contributed by atoms with Gasteiger partial charge >= 0.3 is 0 Å². The number of nitrogens with zero attached hydrogens (tertiary/aromatic N) is 2. The zero-order chi connectivity index (χ0) is 19.3. The van der Waals surface area contributed by atoms with E-state index in [2.05, 4.69) is 10.2 Å². The van der Waals surface area contributed by atoms with Crippen LogP contribution >= 0.6 is 0 Å². The van der Waals surface area contributed by atoms with Crippen LogP contribution < -0.4 is 0 Å². The highest BCUT2D eigenvalue weighted by molar-refractivity contribution is 5.80. The van der Waals surface area contributed by atoms with E-state index in [1.165, 1.54) is 36.7 Å². The molecule has 2 heterocycles. The lowest BCUT2D eigenvalue weighted by Crippen LogP contribution is -1.77. The SMILES string of the molecule is Fc1ccc(-c2ccc(C=NN=Cc3ccc(-c4ccc(F)cc4)o3)o2)cc1. The minimum atomic E-state index is -0.299. The van der Waals surface area contributed by atoms with E-state index in [0.29, 0.717) is 23.0 Å². The fourth-order valence-corrected chi connectivity index (χ4v) is 2.56. The first-order valence-electron chi connectivity index (χ1n) is 8.45. The molecule has 0 aliphatic carbocycles. The van der Waals surface area contributed by atoms with E-state index in [4.69, 9.17) is 8.83 Å². The van der Waals surface area contributed by atoms with Gasteiger partial charge in [-0.3, -0.25) is 0 Å². The van der Waals surface area contributed by atoms with Crippen molar-refractivity contribution in [2.45, 2.75) is 0 Å². The molecule has 0 unspecified atom stereocenters. The molecule has 4 nitrogen and oxygen atoms in total. The van der Waals surface area contributed by atoms with Crippen LogP contribution in [0.25, 0.3) is 22.6 Å². The standard InChI is InChI=1S/C22H14F2N2O2/c23-17-5-1-15(2-6-17)21-11-9-19(27-21)13-25-26-14-20-10-12-22(28-20)16-3-7-18(24)8-4-16/h1-14H. The zero-order valence-corrected chi connectivity index (χ0v) is 14.5. The molecule has 2 aromatic heterocycles. The minimum Gasteiger partial charge on any atom is -0.455 e. The Kier molecular flexibility index (Phi) is 4.93. The largest absolute Gasteiger partial charge is 0.455 e. The van der Waals surface area contributed by atoms with Crippen LogP contribution in [0.3, 0.4) is 0 Å². The molecular weight excluding hydrogens is 362 g/mol. The molecule has 0 saturated carbocycles. The van der Waals surface area contributed by atoms with Gasteiger partial charge in [0.15, 0.2) is 0 Å². The van der Waals surface area contributed by atoms with E-state index >= 15 is 0 Å². The van der Waals surface area contributed by atoms with Crippen molar-refractivity contribution in [1.29, 1.82) is 0 Å². The topological polar surface area (TPSA) is 51.0 Å². The molecule has 28 heavy (non-hydrogen) atoms. The van der Waals surface area contributed by atoms with Crippen LogP contribution in [-0.4, -0.2) is 12.4 Å². The van der Waals surface area contributed by atoms with E-state index in [-0.39, 0.29) is 11.6 Å². The molecule has 0 N–H and O–H groups in total. The molecule has 0 atom stereocenters. The van der Waals surface area contributed by atoms with Crippen molar-refractivity contribution in [2.75, 3.05) is 0 Å². The van der Waals surface area contributed by atoms with Crippen molar-refractivity contribution in [1.82, 2.24) is 0 Å². The molecule has 0 saturated heterocycles. The van der Waals surface area contributed by atoms with Crippen LogP contribution in [-0.2, 0) is 0 Å². The predicted molar refractivity (Wildman–Crippen MR) is 103 cm³/mol. The number of hydrogen-bond acceptors (Lipinski definition) is 4. The molecule has 0 fully saturated rings. The predicted octanol–water partition coefficient (Wildman–Crippen LogP) is 5.94. The van der Waals surface area contributed by atoms with Crippen LogP contribution in [0.4, 0.5) is 8.78 Å². The second-order valence-electron chi connectivity index (χ2n) is 5.91. The molecule has 0 radical (unpaired) electrons. The normalized spacial score (nSPS) is 11.6. The van der Waals surface area contributed by atoms with Crippen LogP contribution in [0.5, 0.6) is 0 Å². The molecule has 0 bridgehead atoms. The molecule has 0 aliphatic heterocycles. The summed E-state index contributed by atoms with van der Waals surface area (Å²) in [6.07, 6.45) is 2.93. The van der Waals surface area contributed by atoms with Crippen LogP contribution in [0.1, 0.15) is 11.5 Å². The summed E-state index contributed by atoms with van der Waals surface area (Å²) in [6, 6.07) is 19.1. The first-order valence-corrected chi connectivity index (χ1v) is 8.45. The Bertz CT molecular complexity index is 1030. The highest BCUT2D eigenvalue weighted by Gasteiger charge is 2.04. The Morgan fingerprint density at radius 3 is 1.32 bits per heavy atom. The Hall–Kier alpha value is -3.80. The van der Waals surface area contributed by atoms with Crippen LogP contribution in [0.15, 0.2) is 91.8 Å². The van der Waals surface area contributed by atoms with Crippen molar-refractivity contribution >= 4 is 12.4 Å². The Morgan fingerprint density at radius 1 is 0.536 bits per heavy atom. The summed E-state index contributed by atoms with van der Waals surface area (Å²) < 4.78 is 37.2. The molecule has 4 aromatic rings. The highest BCUT2D eigenvalue weighted by atomic mass is 19.1. The van der Waals surface area contributed by atoms with E-state index in [9.17, 15) is 8.78 Å². The summed E-state index contributed by atoms with van der Waals surface area (Å²) in [6.45, 7) is 0. The lowest BCUT2D eigenvalue weighted by atomic mass is 10.2. The molecule has 2 aromatic carbocycles. The maximum atomic E-state index is 13.0. The van der Waals surface area contributed by atoms with Gasteiger partial charge < -0.3 is 8.83 Å². The summed E-state index contributed by atoms with van der Waals surface area (Å²) in [5, 5.41) is 7.87. The quantitative estimate of drug-likeness (QED) is 0.320. The maximum absolute atomic E-state index is 13.0. The van der Waals surface area contributed by atoms with Crippen molar-refractivity contribution in [3.63, 3.8) is 0 Å². The van der Waals surface area contributed by atoms with Crippen molar-refractivity contribution < 1.29 is 17.6 Å². The third-order valence-electron chi connectivity index (χ3n) is 3.95. The fraction of sp³-hybridized carbons (Fsp3) is 0. The van der Waals surface area contributed by atoms with E-state index in [1.807, 2.05) is 0 Å². The minimum absolute atomic E-state index is 0.299. The average Bonchev–Trinajstić information content (AvgIpc) is 3.36. The highest BCUT2D eigenvalue weighted by Crippen LogP contribution is 2.22. The summed E-state index contributed by atoms with van der Waals surface area (Å²) >= 11 is 0. The number of furan rings is 2. The van der Waals surface area contributed by atoms with Crippen LogP contribution in [0, 0.1) is 11.6 Å². The Morgan fingerprint density at radius 2 is 0.929 bits per heavy atom.